The van der Waals surface area contributed by atoms with E-state index in [2.05, 4.69) is 0 Å². The predicted octanol–water partition coefficient (Wildman–Crippen LogP) is 2.13. The van der Waals surface area contributed by atoms with Gasteiger partial charge in [-0.25, -0.2) is 4.79 Å². The van der Waals surface area contributed by atoms with Crippen LogP contribution >= 0.6 is 0 Å². The molecule has 0 saturated heterocycles. The van der Waals surface area contributed by atoms with E-state index in [0.29, 0.717) is 11.1 Å². The van der Waals surface area contributed by atoms with Crippen LogP contribution in [0.5, 0.6) is 0 Å². The maximum atomic E-state index is 11.6. The Hall–Kier alpha value is -1.35. The zero-order chi connectivity index (χ0) is 11.5. The third-order valence-corrected chi connectivity index (χ3v) is 1.74. The van der Waals surface area contributed by atoms with Gasteiger partial charge >= 0.3 is 5.97 Å². The molecule has 0 amide bonds. The standard InChI is InChI=1S/C12H16O3/c1-12(2,3)15-11(14)10-6-4-5-9(7-10)8-13/h4-7,13H,8H2,1-3H3. The molecule has 0 aromatic heterocycles. The van der Waals surface area contributed by atoms with E-state index in [0.717, 1.165) is 0 Å². The van der Waals surface area contributed by atoms with Crippen molar-refractivity contribution in [2.24, 2.45) is 0 Å². The molecule has 15 heavy (non-hydrogen) atoms. The first-order chi connectivity index (χ1) is 6.92. The van der Waals surface area contributed by atoms with E-state index < -0.39 is 5.60 Å². The lowest BCUT2D eigenvalue weighted by Crippen LogP contribution is -2.23. The molecule has 82 valence electrons. The number of rotatable bonds is 2. The second kappa shape index (κ2) is 4.45. The molecule has 3 heteroatoms. The Bertz CT molecular complexity index is 350. The molecular formula is C12H16O3. The number of aliphatic hydroxyl groups excluding tert-OH is 1. The van der Waals surface area contributed by atoms with Crippen molar-refractivity contribution in [1.82, 2.24) is 0 Å². The van der Waals surface area contributed by atoms with Gasteiger partial charge in [0.15, 0.2) is 0 Å². The second-order valence-corrected chi connectivity index (χ2v) is 4.36. The molecule has 0 aliphatic rings. The summed E-state index contributed by atoms with van der Waals surface area (Å²) in [5.41, 5.74) is 0.682. The fraction of sp³-hybridized carbons (Fsp3) is 0.417. The lowest BCUT2D eigenvalue weighted by molar-refractivity contribution is 0.00694. The Morgan fingerprint density at radius 2 is 2.07 bits per heavy atom. The number of benzene rings is 1. The van der Waals surface area contributed by atoms with Crippen molar-refractivity contribution in [1.29, 1.82) is 0 Å². The van der Waals surface area contributed by atoms with Gasteiger partial charge in [-0.15, -0.1) is 0 Å². The van der Waals surface area contributed by atoms with Crippen LogP contribution < -0.4 is 0 Å². The van der Waals surface area contributed by atoms with Crippen LogP contribution in [0.2, 0.25) is 0 Å². The van der Waals surface area contributed by atoms with Crippen LogP contribution in [-0.4, -0.2) is 16.7 Å². The van der Waals surface area contributed by atoms with E-state index in [4.69, 9.17) is 9.84 Å². The van der Waals surface area contributed by atoms with Gasteiger partial charge in [-0.1, -0.05) is 12.1 Å². The number of carbonyl (C=O) groups excluding carboxylic acids is 1. The first-order valence-corrected chi connectivity index (χ1v) is 4.85. The number of hydrogen-bond donors (Lipinski definition) is 1. The lowest BCUT2D eigenvalue weighted by atomic mass is 10.1. The fourth-order valence-electron chi connectivity index (χ4n) is 1.13. The monoisotopic (exact) mass is 208 g/mol. The molecule has 0 fully saturated rings. The predicted molar refractivity (Wildman–Crippen MR) is 57.5 cm³/mol. The zero-order valence-electron chi connectivity index (χ0n) is 9.28. The first kappa shape index (κ1) is 11.7. The van der Waals surface area contributed by atoms with E-state index in [1.165, 1.54) is 0 Å². The first-order valence-electron chi connectivity index (χ1n) is 4.85. The van der Waals surface area contributed by atoms with Gasteiger partial charge in [0.1, 0.15) is 5.60 Å². The molecule has 0 aliphatic heterocycles. The summed E-state index contributed by atoms with van der Waals surface area (Å²) in [4.78, 5) is 11.6. The summed E-state index contributed by atoms with van der Waals surface area (Å²) in [6.45, 7) is 5.39. The normalized spacial score (nSPS) is 11.2. The molecule has 0 bridgehead atoms. The van der Waals surface area contributed by atoms with Gasteiger partial charge in [-0.2, -0.15) is 0 Å². The van der Waals surface area contributed by atoms with Crippen molar-refractivity contribution < 1.29 is 14.6 Å². The van der Waals surface area contributed by atoms with Crippen LogP contribution in [-0.2, 0) is 11.3 Å². The van der Waals surface area contributed by atoms with Gasteiger partial charge in [-0.3, -0.25) is 0 Å². The molecule has 0 aliphatic carbocycles. The minimum Gasteiger partial charge on any atom is -0.456 e. The van der Waals surface area contributed by atoms with Gasteiger partial charge in [0, 0.05) is 0 Å². The largest absolute Gasteiger partial charge is 0.456 e. The van der Waals surface area contributed by atoms with Crippen molar-refractivity contribution in [3.63, 3.8) is 0 Å². The number of hydrogen-bond acceptors (Lipinski definition) is 3. The van der Waals surface area contributed by atoms with Crippen LogP contribution in [0.3, 0.4) is 0 Å². The molecule has 3 nitrogen and oxygen atoms in total. The highest BCUT2D eigenvalue weighted by Gasteiger charge is 2.17. The van der Waals surface area contributed by atoms with Crippen molar-refractivity contribution in [3.05, 3.63) is 35.4 Å². The molecule has 0 unspecified atom stereocenters. The molecular weight excluding hydrogens is 192 g/mol. The van der Waals surface area contributed by atoms with Gasteiger partial charge in [0.05, 0.1) is 12.2 Å². The summed E-state index contributed by atoms with van der Waals surface area (Å²) in [7, 11) is 0. The van der Waals surface area contributed by atoms with Crippen LogP contribution in [0, 0.1) is 0 Å². The summed E-state index contributed by atoms with van der Waals surface area (Å²) in [5, 5.41) is 8.92. The van der Waals surface area contributed by atoms with Crippen molar-refractivity contribution in [2.45, 2.75) is 33.0 Å². The summed E-state index contributed by atoms with van der Waals surface area (Å²) in [5.74, 6) is -0.363. The number of carbonyl (C=O) groups is 1. The van der Waals surface area contributed by atoms with Crippen molar-refractivity contribution in [3.8, 4) is 0 Å². The minimum atomic E-state index is -0.494. The highest BCUT2D eigenvalue weighted by Crippen LogP contribution is 2.13. The highest BCUT2D eigenvalue weighted by molar-refractivity contribution is 5.89. The molecule has 0 saturated carbocycles. The topological polar surface area (TPSA) is 46.5 Å². The smallest absolute Gasteiger partial charge is 0.338 e. The third kappa shape index (κ3) is 3.72. The summed E-state index contributed by atoms with van der Waals surface area (Å²) < 4.78 is 5.20. The van der Waals surface area contributed by atoms with E-state index in [1.807, 2.05) is 20.8 Å². The van der Waals surface area contributed by atoms with Crippen molar-refractivity contribution in [2.75, 3.05) is 0 Å². The van der Waals surface area contributed by atoms with Crippen LogP contribution in [0.15, 0.2) is 24.3 Å². The maximum Gasteiger partial charge on any atom is 0.338 e. The molecule has 0 radical (unpaired) electrons. The fourth-order valence-corrected chi connectivity index (χ4v) is 1.13. The van der Waals surface area contributed by atoms with Crippen LogP contribution in [0.25, 0.3) is 0 Å². The molecule has 1 aromatic rings. The van der Waals surface area contributed by atoms with Gasteiger partial charge in [-0.05, 0) is 38.5 Å². The van der Waals surface area contributed by atoms with Crippen LogP contribution in [0.4, 0.5) is 0 Å². The molecule has 1 rings (SSSR count). The molecule has 0 atom stereocenters. The average Bonchev–Trinajstić information content (AvgIpc) is 2.15. The number of aliphatic hydroxyl groups is 1. The Morgan fingerprint density at radius 1 is 1.40 bits per heavy atom. The maximum absolute atomic E-state index is 11.6. The van der Waals surface area contributed by atoms with Gasteiger partial charge in [0.2, 0.25) is 0 Å². The summed E-state index contributed by atoms with van der Waals surface area (Å²) in [6.07, 6.45) is 0. The van der Waals surface area contributed by atoms with E-state index >= 15 is 0 Å². The van der Waals surface area contributed by atoms with Gasteiger partial charge in [0.25, 0.3) is 0 Å². The minimum absolute atomic E-state index is 0.0728. The Kier molecular flexibility index (Phi) is 3.48. The van der Waals surface area contributed by atoms with Crippen LogP contribution in [0.1, 0.15) is 36.7 Å². The highest BCUT2D eigenvalue weighted by atomic mass is 16.6. The Balaban J connectivity index is 2.82. The average molecular weight is 208 g/mol. The van der Waals surface area contributed by atoms with Crippen molar-refractivity contribution >= 4 is 5.97 Å². The molecule has 1 aromatic carbocycles. The molecule has 1 N–H and O–H groups in total. The summed E-state index contributed by atoms with van der Waals surface area (Å²) in [6, 6.07) is 6.79. The second-order valence-electron chi connectivity index (χ2n) is 4.36. The Labute approximate surface area is 89.7 Å². The van der Waals surface area contributed by atoms with E-state index in [-0.39, 0.29) is 12.6 Å². The van der Waals surface area contributed by atoms with E-state index in [1.54, 1.807) is 24.3 Å². The number of esters is 1. The third-order valence-electron chi connectivity index (χ3n) is 1.74. The van der Waals surface area contributed by atoms with Gasteiger partial charge < -0.3 is 9.84 Å². The number of ether oxygens (including phenoxy) is 1. The summed E-state index contributed by atoms with van der Waals surface area (Å²) >= 11 is 0. The Morgan fingerprint density at radius 3 is 2.60 bits per heavy atom. The SMILES string of the molecule is CC(C)(C)OC(=O)c1cccc(CO)c1. The molecule has 0 heterocycles. The zero-order valence-corrected chi connectivity index (χ0v) is 9.28. The lowest BCUT2D eigenvalue weighted by Gasteiger charge is -2.19. The molecule has 0 spiro atoms. The quantitative estimate of drug-likeness (QED) is 0.757. The van der Waals surface area contributed by atoms with E-state index in [9.17, 15) is 4.79 Å².